The highest BCUT2D eigenvalue weighted by Gasteiger charge is 2.22. The van der Waals surface area contributed by atoms with E-state index in [0.717, 1.165) is 42.5 Å². The van der Waals surface area contributed by atoms with Gasteiger partial charge in [-0.15, -0.1) is 0 Å². The average Bonchev–Trinajstić information content (AvgIpc) is 3.32. The van der Waals surface area contributed by atoms with Crippen LogP contribution in [0.25, 0.3) is 6.08 Å². The molecule has 7 heteroatoms. The van der Waals surface area contributed by atoms with Crippen molar-refractivity contribution in [3.05, 3.63) is 58.6 Å². The second kappa shape index (κ2) is 9.88. The third-order valence-corrected chi connectivity index (χ3v) is 5.71. The molecule has 1 aliphatic carbocycles. The number of nitrogens with one attached hydrogen (secondary N) is 2. The minimum absolute atomic E-state index is 0.0831. The van der Waals surface area contributed by atoms with E-state index in [4.69, 9.17) is 21.1 Å². The summed E-state index contributed by atoms with van der Waals surface area (Å²) in [5.74, 6) is 1.08. The number of anilines is 1. The molecule has 162 valence electrons. The Morgan fingerprint density at radius 2 is 1.90 bits per heavy atom. The Kier molecular flexibility index (Phi) is 6.77. The summed E-state index contributed by atoms with van der Waals surface area (Å²) in [4.78, 5) is 24.6. The second-order valence-electron chi connectivity index (χ2n) is 7.75. The third kappa shape index (κ3) is 5.58. The van der Waals surface area contributed by atoms with Crippen molar-refractivity contribution in [3.8, 4) is 11.5 Å². The number of hydrogen-bond donors (Lipinski definition) is 2. The van der Waals surface area contributed by atoms with E-state index in [1.54, 1.807) is 18.2 Å². The van der Waals surface area contributed by atoms with E-state index in [9.17, 15) is 9.59 Å². The first kappa shape index (κ1) is 21.2. The van der Waals surface area contributed by atoms with Gasteiger partial charge in [0.25, 0.3) is 0 Å². The summed E-state index contributed by atoms with van der Waals surface area (Å²) in [6.45, 7) is 1.30. The van der Waals surface area contributed by atoms with Crippen molar-refractivity contribution in [2.75, 3.05) is 18.5 Å². The van der Waals surface area contributed by atoms with Gasteiger partial charge in [-0.1, -0.05) is 36.6 Å². The zero-order chi connectivity index (χ0) is 21.6. The smallest absolute Gasteiger partial charge is 0.244 e. The predicted molar refractivity (Wildman–Crippen MR) is 120 cm³/mol. The Hall–Kier alpha value is -2.99. The molecule has 1 fully saturated rings. The number of ether oxygens (including phenoxy) is 2. The lowest BCUT2D eigenvalue weighted by molar-refractivity contribution is -0.119. The van der Waals surface area contributed by atoms with Crippen LogP contribution < -0.4 is 20.1 Å². The standard InChI is InChI=1S/C24H25ClN2O4/c25-20-13-16(14-21-23(20)31-11-10-30-21)8-9-22(28)26-15-17-4-3-7-19(12-17)27-24(29)18-5-1-2-6-18/h3-4,7-9,12-14,18H,1-2,5-6,10-11,15H2,(H,26,28)(H,27,29)/b9-8+. The minimum Gasteiger partial charge on any atom is -0.486 e. The Balaban J connectivity index is 1.31. The zero-order valence-corrected chi connectivity index (χ0v) is 17.9. The third-order valence-electron chi connectivity index (χ3n) is 5.43. The number of rotatable bonds is 6. The molecule has 2 aliphatic rings. The largest absolute Gasteiger partial charge is 0.486 e. The highest BCUT2D eigenvalue weighted by atomic mass is 35.5. The summed E-state index contributed by atoms with van der Waals surface area (Å²) in [6, 6.07) is 11.1. The maximum absolute atomic E-state index is 12.3. The van der Waals surface area contributed by atoms with Crippen molar-refractivity contribution in [3.63, 3.8) is 0 Å². The highest BCUT2D eigenvalue weighted by molar-refractivity contribution is 6.32. The number of hydrogen-bond acceptors (Lipinski definition) is 4. The maximum Gasteiger partial charge on any atom is 0.244 e. The van der Waals surface area contributed by atoms with E-state index >= 15 is 0 Å². The number of fused-ring (bicyclic) bond motifs is 1. The van der Waals surface area contributed by atoms with Gasteiger partial charge in [0, 0.05) is 24.2 Å². The number of amides is 2. The first-order valence-electron chi connectivity index (χ1n) is 10.5. The molecule has 4 rings (SSSR count). The lowest BCUT2D eigenvalue weighted by atomic mass is 10.1. The van der Waals surface area contributed by atoms with E-state index in [-0.39, 0.29) is 17.7 Å². The number of carbonyl (C=O) groups is 2. The zero-order valence-electron chi connectivity index (χ0n) is 17.2. The van der Waals surface area contributed by atoms with Gasteiger partial charge in [0.05, 0.1) is 5.02 Å². The maximum atomic E-state index is 12.3. The van der Waals surface area contributed by atoms with Crippen LogP contribution in [0, 0.1) is 5.92 Å². The summed E-state index contributed by atoms with van der Waals surface area (Å²) < 4.78 is 11.1. The molecule has 0 aromatic heterocycles. The Bertz CT molecular complexity index is 999. The summed E-state index contributed by atoms with van der Waals surface area (Å²) in [5.41, 5.74) is 2.42. The van der Waals surface area contributed by atoms with Gasteiger partial charge < -0.3 is 20.1 Å². The van der Waals surface area contributed by atoms with Crippen LogP contribution in [0.2, 0.25) is 5.02 Å². The molecule has 0 radical (unpaired) electrons. The average molecular weight is 441 g/mol. The summed E-state index contributed by atoms with van der Waals surface area (Å²) in [6.07, 6.45) is 7.29. The molecule has 31 heavy (non-hydrogen) atoms. The lowest BCUT2D eigenvalue weighted by Gasteiger charge is -2.19. The number of halogens is 1. The van der Waals surface area contributed by atoms with Gasteiger partial charge in [-0.3, -0.25) is 9.59 Å². The minimum atomic E-state index is -0.230. The van der Waals surface area contributed by atoms with Crippen molar-refractivity contribution in [1.82, 2.24) is 5.32 Å². The topological polar surface area (TPSA) is 76.7 Å². The molecule has 1 saturated carbocycles. The van der Waals surface area contributed by atoms with Crippen LogP contribution in [0.1, 0.15) is 36.8 Å². The quantitative estimate of drug-likeness (QED) is 0.645. The van der Waals surface area contributed by atoms with Gasteiger partial charge in [0.1, 0.15) is 13.2 Å². The van der Waals surface area contributed by atoms with Gasteiger partial charge in [0.2, 0.25) is 11.8 Å². The Labute approximate surface area is 186 Å². The second-order valence-corrected chi connectivity index (χ2v) is 8.16. The molecule has 1 aliphatic heterocycles. The summed E-state index contributed by atoms with van der Waals surface area (Å²) in [7, 11) is 0. The first-order chi connectivity index (χ1) is 15.1. The van der Waals surface area contributed by atoms with Crippen molar-refractivity contribution in [2.24, 2.45) is 5.92 Å². The molecule has 0 spiro atoms. The van der Waals surface area contributed by atoms with Crippen LogP contribution in [0.5, 0.6) is 11.5 Å². The fraction of sp³-hybridized carbons (Fsp3) is 0.333. The van der Waals surface area contributed by atoms with E-state index in [2.05, 4.69) is 10.6 Å². The van der Waals surface area contributed by atoms with Gasteiger partial charge in [-0.25, -0.2) is 0 Å². The summed E-state index contributed by atoms with van der Waals surface area (Å²) in [5, 5.41) is 6.30. The number of carbonyl (C=O) groups excluding carboxylic acids is 2. The lowest BCUT2D eigenvalue weighted by Crippen LogP contribution is -2.21. The molecular weight excluding hydrogens is 416 g/mol. The van der Waals surface area contributed by atoms with Crippen LogP contribution in [0.15, 0.2) is 42.5 Å². The van der Waals surface area contributed by atoms with Crippen LogP contribution in [0.4, 0.5) is 5.69 Å². The first-order valence-corrected chi connectivity index (χ1v) is 10.9. The molecule has 2 aromatic rings. The van der Waals surface area contributed by atoms with Gasteiger partial charge >= 0.3 is 0 Å². The van der Waals surface area contributed by atoms with Crippen molar-refractivity contribution < 1.29 is 19.1 Å². The van der Waals surface area contributed by atoms with Gasteiger partial charge in [0.15, 0.2) is 11.5 Å². The molecule has 6 nitrogen and oxygen atoms in total. The molecule has 2 aromatic carbocycles. The van der Waals surface area contributed by atoms with Crippen LogP contribution in [0.3, 0.4) is 0 Å². The normalized spacial score (nSPS) is 15.8. The monoisotopic (exact) mass is 440 g/mol. The van der Waals surface area contributed by atoms with Crippen LogP contribution in [-0.4, -0.2) is 25.0 Å². The molecule has 0 atom stereocenters. The molecule has 0 unspecified atom stereocenters. The fourth-order valence-corrected chi connectivity index (χ4v) is 4.11. The van der Waals surface area contributed by atoms with E-state index in [0.29, 0.717) is 36.3 Å². The highest BCUT2D eigenvalue weighted by Crippen LogP contribution is 2.38. The van der Waals surface area contributed by atoms with E-state index in [1.165, 1.54) is 6.08 Å². The SMILES string of the molecule is O=C(/C=C/c1cc(Cl)c2c(c1)OCCO2)NCc1cccc(NC(=O)C2CCCC2)c1. The van der Waals surface area contributed by atoms with Crippen molar-refractivity contribution in [2.45, 2.75) is 32.2 Å². The Morgan fingerprint density at radius 1 is 1.10 bits per heavy atom. The van der Waals surface area contributed by atoms with E-state index in [1.807, 2.05) is 24.3 Å². The van der Waals surface area contributed by atoms with Crippen LogP contribution in [-0.2, 0) is 16.1 Å². The van der Waals surface area contributed by atoms with E-state index < -0.39 is 0 Å². The summed E-state index contributed by atoms with van der Waals surface area (Å²) >= 11 is 6.23. The number of benzene rings is 2. The molecule has 1 heterocycles. The van der Waals surface area contributed by atoms with Gasteiger partial charge in [-0.05, 0) is 54.3 Å². The fourth-order valence-electron chi connectivity index (χ4n) is 3.84. The Morgan fingerprint density at radius 3 is 2.74 bits per heavy atom. The van der Waals surface area contributed by atoms with Crippen molar-refractivity contribution in [1.29, 1.82) is 0 Å². The van der Waals surface area contributed by atoms with Crippen LogP contribution >= 0.6 is 11.6 Å². The van der Waals surface area contributed by atoms with Crippen molar-refractivity contribution >= 4 is 35.2 Å². The molecule has 2 amide bonds. The molecule has 0 bridgehead atoms. The molecular formula is C24H25ClN2O4. The molecule has 0 saturated heterocycles. The van der Waals surface area contributed by atoms with Gasteiger partial charge in [-0.2, -0.15) is 0 Å². The predicted octanol–water partition coefficient (Wildman–Crippen LogP) is 4.57. The molecule has 2 N–H and O–H groups in total.